The Labute approximate surface area is 219 Å². The zero-order chi connectivity index (χ0) is 26.4. The summed E-state index contributed by atoms with van der Waals surface area (Å²) in [5.41, 5.74) is 1.74. The predicted octanol–water partition coefficient (Wildman–Crippen LogP) is 4.62. The number of hydrogen-bond donors (Lipinski definition) is 0. The Morgan fingerprint density at radius 2 is 1.61 bits per heavy atom. The summed E-state index contributed by atoms with van der Waals surface area (Å²) in [6, 6.07) is 23.1. The van der Waals surface area contributed by atoms with Crippen molar-refractivity contribution in [2.24, 2.45) is 0 Å². The van der Waals surface area contributed by atoms with Crippen LogP contribution in [0, 0.1) is 5.82 Å². The summed E-state index contributed by atoms with van der Waals surface area (Å²) >= 11 is 0. The normalized spacial score (nSPS) is 14.8. The van der Waals surface area contributed by atoms with E-state index in [9.17, 15) is 17.6 Å². The minimum absolute atomic E-state index is 0.116. The van der Waals surface area contributed by atoms with Gasteiger partial charge in [0, 0.05) is 37.3 Å². The molecule has 0 aliphatic carbocycles. The van der Waals surface area contributed by atoms with E-state index in [0.29, 0.717) is 35.2 Å². The molecule has 192 valence electrons. The summed E-state index contributed by atoms with van der Waals surface area (Å²) in [4.78, 5) is 21.8. The fourth-order valence-corrected chi connectivity index (χ4v) is 6.45. The van der Waals surface area contributed by atoms with Gasteiger partial charge in [-0.2, -0.15) is 0 Å². The molecule has 0 spiro atoms. The molecule has 0 bridgehead atoms. The van der Waals surface area contributed by atoms with Crippen molar-refractivity contribution < 1.29 is 17.6 Å². The van der Waals surface area contributed by atoms with Gasteiger partial charge in [-0.1, -0.05) is 48.5 Å². The van der Waals surface area contributed by atoms with E-state index in [4.69, 9.17) is 4.98 Å². The molecule has 1 saturated heterocycles. The zero-order valence-corrected chi connectivity index (χ0v) is 21.5. The quantitative estimate of drug-likeness (QED) is 0.340. The molecule has 2 heterocycles. The summed E-state index contributed by atoms with van der Waals surface area (Å²) in [6.07, 6.45) is 0. The summed E-state index contributed by atoms with van der Waals surface area (Å²) in [5, 5.41) is 1.76. The first-order valence-corrected chi connectivity index (χ1v) is 13.8. The number of imidazole rings is 1. The Hall–Kier alpha value is -4.08. The molecule has 5 aromatic rings. The lowest BCUT2D eigenvalue weighted by Gasteiger charge is -2.32. The van der Waals surface area contributed by atoms with Crippen LogP contribution >= 0.6 is 0 Å². The van der Waals surface area contributed by atoms with Crippen LogP contribution in [-0.2, 0) is 10.0 Å². The maximum absolute atomic E-state index is 14.1. The van der Waals surface area contributed by atoms with Gasteiger partial charge in [-0.15, -0.1) is 0 Å². The smallest absolute Gasteiger partial charge is 0.270 e. The van der Waals surface area contributed by atoms with Gasteiger partial charge in [0.15, 0.2) is 5.82 Å². The molecule has 0 atom stereocenters. The third-order valence-electron chi connectivity index (χ3n) is 7.02. The number of piperazine rings is 1. The monoisotopic (exact) mass is 528 g/mol. The third-order valence-corrected chi connectivity index (χ3v) is 8.72. The lowest BCUT2D eigenvalue weighted by Crippen LogP contribution is -2.47. The molecule has 38 heavy (non-hydrogen) atoms. The molecular weight excluding hydrogens is 503 g/mol. The van der Waals surface area contributed by atoms with Gasteiger partial charge in [-0.3, -0.25) is 4.79 Å². The van der Waals surface area contributed by atoms with Crippen molar-refractivity contribution in [2.45, 2.75) is 4.90 Å². The maximum Gasteiger partial charge on any atom is 0.270 e. The van der Waals surface area contributed by atoms with E-state index in [1.165, 1.54) is 18.2 Å². The molecule has 1 aliphatic heterocycles. The van der Waals surface area contributed by atoms with E-state index < -0.39 is 15.8 Å². The molecule has 1 aromatic heterocycles. The van der Waals surface area contributed by atoms with Gasteiger partial charge in [0.25, 0.3) is 15.9 Å². The van der Waals surface area contributed by atoms with Crippen LogP contribution < -0.4 is 0 Å². The fraction of sp³-hybridized carbons (Fsp3) is 0.172. The summed E-state index contributed by atoms with van der Waals surface area (Å²) in [6.45, 7) is 2.83. The van der Waals surface area contributed by atoms with E-state index in [0.717, 1.165) is 33.9 Å². The van der Waals surface area contributed by atoms with Crippen molar-refractivity contribution in [3.8, 4) is 11.4 Å². The number of carbonyl (C=O) groups is 1. The molecule has 1 aliphatic rings. The summed E-state index contributed by atoms with van der Waals surface area (Å²) < 4.78 is 43.2. The molecule has 0 radical (unpaired) electrons. The van der Waals surface area contributed by atoms with E-state index in [1.54, 1.807) is 23.1 Å². The Bertz CT molecular complexity index is 1800. The molecular formula is C29H25FN4O3S. The van der Waals surface area contributed by atoms with Crippen LogP contribution in [0.5, 0.6) is 0 Å². The lowest BCUT2D eigenvalue weighted by molar-refractivity contribution is 0.0664. The molecule has 0 N–H and O–H groups in total. The van der Waals surface area contributed by atoms with Crippen LogP contribution in [0.1, 0.15) is 10.4 Å². The van der Waals surface area contributed by atoms with Gasteiger partial charge in [0.1, 0.15) is 5.82 Å². The van der Waals surface area contributed by atoms with E-state index in [2.05, 4.69) is 4.90 Å². The number of likely N-dealkylation sites (N-methyl/N-ethyl adjacent to an activating group) is 1. The van der Waals surface area contributed by atoms with Crippen LogP contribution in [0.3, 0.4) is 0 Å². The number of benzene rings is 4. The first kappa shape index (κ1) is 24.3. The SMILES string of the molecule is CN1CCN(C(=O)c2ccc3c(c2)nc(-c2cccc4ccccc24)n3S(=O)(=O)c2cccc(F)c2)CC1. The number of nitrogens with zero attached hydrogens (tertiary/aromatic N) is 4. The molecule has 0 saturated carbocycles. The van der Waals surface area contributed by atoms with E-state index in [-0.39, 0.29) is 16.6 Å². The van der Waals surface area contributed by atoms with Gasteiger partial charge < -0.3 is 9.80 Å². The lowest BCUT2D eigenvalue weighted by atomic mass is 10.0. The van der Waals surface area contributed by atoms with Crippen molar-refractivity contribution in [3.05, 3.63) is 96.3 Å². The van der Waals surface area contributed by atoms with Crippen molar-refractivity contribution in [1.82, 2.24) is 18.8 Å². The van der Waals surface area contributed by atoms with Gasteiger partial charge in [-0.25, -0.2) is 21.8 Å². The Morgan fingerprint density at radius 3 is 2.39 bits per heavy atom. The summed E-state index contributed by atoms with van der Waals surface area (Å²) in [7, 11) is -2.22. The Balaban J connectivity index is 1.57. The van der Waals surface area contributed by atoms with Crippen molar-refractivity contribution in [3.63, 3.8) is 0 Å². The second-order valence-electron chi connectivity index (χ2n) is 9.49. The number of halogens is 1. The summed E-state index contributed by atoms with van der Waals surface area (Å²) in [5.74, 6) is -0.568. The minimum atomic E-state index is -4.24. The minimum Gasteiger partial charge on any atom is -0.336 e. The van der Waals surface area contributed by atoms with E-state index >= 15 is 0 Å². The predicted molar refractivity (Wildman–Crippen MR) is 145 cm³/mol. The van der Waals surface area contributed by atoms with Gasteiger partial charge >= 0.3 is 0 Å². The second kappa shape index (κ2) is 9.34. The molecule has 6 rings (SSSR count). The molecule has 4 aromatic carbocycles. The largest absolute Gasteiger partial charge is 0.336 e. The number of hydrogen-bond acceptors (Lipinski definition) is 5. The highest BCUT2D eigenvalue weighted by atomic mass is 32.2. The van der Waals surface area contributed by atoms with Gasteiger partial charge in [-0.05, 0) is 54.2 Å². The van der Waals surface area contributed by atoms with E-state index in [1.807, 2.05) is 49.5 Å². The van der Waals surface area contributed by atoms with Crippen LogP contribution in [-0.4, -0.2) is 66.3 Å². The number of aromatic nitrogens is 2. The maximum atomic E-state index is 14.1. The van der Waals surface area contributed by atoms with Crippen molar-refractivity contribution >= 4 is 37.7 Å². The van der Waals surface area contributed by atoms with Crippen LogP contribution in [0.25, 0.3) is 33.2 Å². The highest BCUT2D eigenvalue weighted by Gasteiger charge is 2.28. The Kier molecular flexibility index (Phi) is 5.97. The molecule has 1 amide bonds. The van der Waals surface area contributed by atoms with Crippen molar-refractivity contribution in [1.29, 1.82) is 0 Å². The fourth-order valence-electron chi connectivity index (χ4n) is 4.95. The third kappa shape index (κ3) is 4.13. The molecule has 1 fully saturated rings. The number of carbonyl (C=O) groups excluding carboxylic acids is 1. The van der Waals surface area contributed by atoms with Crippen molar-refractivity contribution in [2.75, 3.05) is 33.2 Å². The van der Waals surface area contributed by atoms with Gasteiger partial charge in [0.2, 0.25) is 0 Å². The highest BCUT2D eigenvalue weighted by molar-refractivity contribution is 7.90. The first-order valence-electron chi connectivity index (χ1n) is 12.3. The number of amides is 1. The molecule has 0 unspecified atom stereocenters. The zero-order valence-electron chi connectivity index (χ0n) is 20.7. The second-order valence-corrected chi connectivity index (χ2v) is 11.3. The van der Waals surface area contributed by atoms with Crippen LogP contribution in [0.15, 0.2) is 89.8 Å². The molecule has 9 heteroatoms. The average Bonchev–Trinajstić information content (AvgIpc) is 3.32. The Morgan fingerprint density at radius 1 is 0.868 bits per heavy atom. The molecule has 7 nitrogen and oxygen atoms in total. The standard InChI is InChI=1S/C29H25FN4O3S/c1-32-14-16-33(17-15-32)29(35)21-12-13-27-26(18-21)31-28(25-11-4-7-20-6-2-3-10-24(20)25)34(27)38(36,37)23-9-5-8-22(30)19-23/h2-13,18-19H,14-17H2,1H3. The van der Waals surface area contributed by atoms with Crippen LogP contribution in [0.2, 0.25) is 0 Å². The highest BCUT2D eigenvalue weighted by Crippen LogP contribution is 2.34. The topological polar surface area (TPSA) is 75.5 Å². The van der Waals surface area contributed by atoms with Gasteiger partial charge in [0.05, 0.1) is 15.9 Å². The number of fused-ring (bicyclic) bond motifs is 2. The number of rotatable bonds is 4. The van der Waals surface area contributed by atoms with Crippen LogP contribution in [0.4, 0.5) is 4.39 Å². The first-order chi connectivity index (χ1) is 18.3. The average molecular weight is 529 g/mol.